The van der Waals surface area contributed by atoms with Crippen LogP contribution in [0.15, 0.2) is 18.2 Å². The standard InChI is InChI=1S/C15H22ClFN2/c1-10(2)14-4-3-7-19(14)15(9-18)11-5-6-12(16)13(17)8-11/h5-6,8,10,14-15H,3-4,7,9,18H2,1-2H3. The Kier molecular flexibility index (Phi) is 4.82. The van der Waals surface area contributed by atoms with Crippen LogP contribution in [0, 0.1) is 11.7 Å². The van der Waals surface area contributed by atoms with Crippen molar-refractivity contribution in [3.63, 3.8) is 0 Å². The maximum absolute atomic E-state index is 13.6. The zero-order chi connectivity index (χ0) is 14.0. The summed E-state index contributed by atoms with van der Waals surface area (Å²) in [6.07, 6.45) is 2.39. The number of rotatable bonds is 4. The summed E-state index contributed by atoms with van der Waals surface area (Å²) in [5.41, 5.74) is 6.87. The summed E-state index contributed by atoms with van der Waals surface area (Å²) >= 11 is 5.75. The lowest BCUT2D eigenvalue weighted by Gasteiger charge is -2.34. The Labute approximate surface area is 119 Å². The molecule has 0 bridgehead atoms. The molecule has 0 spiro atoms. The highest BCUT2D eigenvalue weighted by Crippen LogP contribution is 2.33. The number of benzene rings is 1. The van der Waals surface area contributed by atoms with Crippen LogP contribution in [-0.2, 0) is 0 Å². The molecule has 0 radical (unpaired) electrons. The molecule has 0 aliphatic carbocycles. The van der Waals surface area contributed by atoms with Gasteiger partial charge in [0.2, 0.25) is 0 Å². The Morgan fingerprint density at radius 1 is 1.47 bits per heavy atom. The number of hydrogen-bond donors (Lipinski definition) is 1. The Balaban J connectivity index is 2.26. The maximum Gasteiger partial charge on any atom is 0.142 e. The van der Waals surface area contributed by atoms with Crippen molar-refractivity contribution in [1.82, 2.24) is 4.90 Å². The fourth-order valence-electron chi connectivity index (χ4n) is 3.10. The molecule has 106 valence electrons. The molecule has 1 fully saturated rings. The van der Waals surface area contributed by atoms with Gasteiger partial charge in [-0.15, -0.1) is 0 Å². The molecule has 2 nitrogen and oxygen atoms in total. The molecule has 2 atom stereocenters. The molecule has 1 aromatic carbocycles. The average molecular weight is 285 g/mol. The molecule has 1 aliphatic rings. The highest BCUT2D eigenvalue weighted by molar-refractivity contribution is 6.30. The molecule has 1 saturated heterocycles. The molecule has 1 aromatic rings. The number of likely N-dealkylation sites (tertiary alicyclic amines) is 1. The van der Waals surface area contributed by atoms with Gasteiger partial charge in [0.25, 0.3) is 0 Å². The van der Waals surface area contributed by atoms with Crippen LogP contribution in [0.5, 0.6) is 0 Å². The predicted octanol–water partition coefficient (Wildman–Crippen LogP) is 3.60. The van der Waals surface area contributed by atoms with E-state index in [1.54, 1.807) is 6.07 Å². The number of nitrogens with zero attached hydrogens (tertiary/aromatic N) is 1. The molecule has 2 unspecified atom stereocenters. The largest absolute Gasteiger partial charge is 0.329 e. The lowest BCUT2D eigenvalue weighted by Crippen LogP contribution is -2.40. The number of nitrogens with two attached hydrogens (primary N) is 1. The molecule has 4 heteroatoms. The van der Waals surface area contributed by atoms with Gasteiger partial charge in [0.1, 0.15) is 5.82 Å². The van der Waals surface area contributed by atoms with Gasteiger partial charge in [-0.2, -0.15) is 0 Å². The minimum Gasteiger partial charge on any atom is -0.329 e. The topological polar surface area (TPSA) is 29.3 Å². The van der Waals surface area contributed by atoms with Crippen molar-refractivity contribution in [3.8, 4) is 0 Å². The Bertz CT molecular complexity index is 436. The Morgan fingerprint density at radius 2 is 2.21 bits per heavy atom. The quantitative estimate of drug-likeness (QED) is 0.915. The third-order valence-corrected chi connectivity index (χ3v) is 4.37. The zero-order valence-electron chi connectivity index (χ0n) is 11.6. The lowest BCUT2D eigenvalue weighted by atomic mass is 9.98. The highest BCUT2D eigenvalue weighted by atomic mass is 35.5. The van der Waals surface area contributed by atoms with Crippen LogP contribution in [0.1, 0.15) is 38.3 Å². The summed E-state index contributed by atoms with van der Waals surface area (Å²) in [5.74, 6) is 0.228. The third-order valence-electron chi connectivity index (χ3n) is 4.06. The third kappa shape index (κ3) is 3.10. The van der Waals surface area contributed by atoms with Crippen molar-refractivity contribution in [3.05, 3.63) is 34.6 Å². The smallest absolute Gasteiger partial charge is 0.142 e. The first-order valence-electron chi connectivity index (χ1n) is 6.95. The van der Waals surface area contributed by atoms with Gasteiger partial charge in [-0.25, -0.2) is 4.39 Å². The van der Waals surface area contributed by atoms with Crippen molar-refractivity contribution < 1.29 is 4.39 Å². The fourth-order valence-corrected chi connectivity index (χ4v) is 3.22. The summed E-state index contributed by atoms with van der Waals surface area (Å²) in [4.78, 5) is 2.42. The van der Waals surface area contributed by atoms with Crippen molar-refractivity contribution >= 4 is 11.6 Å². The lowest BCUT2D eigenvalue weighted by molar-refractivity contribution is 0.149. The van der Waals surface area contributed by atoms with E-state index in [1.165, 1.54) is 18.9 Å². The van der Waals surface area contributed by atoms with Gasteiger partial charge in [0.05, 0.1) is 5.02 Å². The summed E-state index contributed by atoms with van der Waals surface area (Å²) < 4.78 is 13.6. The van der Waals surface area contributed by atoms with E-state index >= 15 is 0 Å². The second kappa shape index (κ2) is 6.21. The summed E-state index contributed by atoms with van der Waals surface area (Å²) in [6, 6.07) is 5.65. The Hall–Kier alpha value is -0.640. The van der Waals surface area contributed by atoms with Gasteiger partial charge in [-0.05, 0) is 43.0 Å². The van der Waals surface area contributed by atoms with E-state index in [1.807, 2.05) is 6.07 Å². The van der Waals surface area contributed by atoms with Gasteiger partial charge in [-0.3, -0.25) is 4.90 Å². The van der Waals surface area contributed by atoms with E-state index < -0.39 is 0 Å². The molecule has 1 aliphatic heterocycles. The van der Waals surface area contributed by atoms with E-state index in [9.17, 15) is 4.39 Å². The van der Waals surface area contributed by atoms with Crippen LogP contribution in [0.4, 0.5) is 4.39 Å². The normalized spacial score (nSPS) is 22.1. The van der Waals surface area contributed by atoms with Crippen molar-refractivity contribution in [2.45, 2.75) is 38.8 Å². The van der Waals surface area contributed by atoms with Gasteiger partial charge in [-0.1, -0.05) is 31.5 Å². The molecule has 0 saturated carbocycles. The minimum atomic E-state index is -0.363. The molecule has 0 aromatic heterocycles. The van der Waals surface area contributed by atoms with Crippen LogP contribution in [0.2, 0.25) is 5.02 Å². The fraction of sp³-hybridized carbons (Fsp3) is 0.600. The second-order valence-electron chi connectivity index (χ2n) is 5.62. The van der Waals surface area contributed by atoms with E-state index in [2.05, 4.69) is 18.7 Å². The molecular formula is C15H22ClFN2. The van der Waals surface area contributed by atoms with E-state index in [0.717, 1.165) is 12.1 Å². The first kappa shape index (κ1) is 14.8. The summed E-state index contributed by atoms with van der Waals surface area (Å²) in [6.45, 7) is 6.01. The van der Waals surface area contributed by atoms with E-state index in [4.69, 9.17) is 17.3 Å². The predicted molar refractivity (Wildman–Crippen MR) is 77.8 cm³/mol. The van der Waals surface area contributed by atoms with E-state index in [-0.39, 0.29) is 16.9 Å². The van der Waals surface area contributed by atoms with Gasteiger partial charge in [0, 0.05) is 18.6 Å². The monoisotopic (exact) mass is 284 g/mol. The molecule has 2 rings (SSSR count). The number of hydrogen-bond acceptors (Lipinski definition) is 2. The van der Waals surface area contributed by atoms with Crippen LogP contribution in [-0.4, -0.2) is 24.0 Å². The summed E-state index contributed by atoms with van der Waals surface area (Å²) in [7, 11) is 0. The average Bonchev–Trinajstić information content (AvgIpc) is 2.84. The minimum absolute atomic E-state index is 0.0849. The van der Waals surface area contributed by atoms with Crippen LogP contribution in [0.25, 0.3) is 0 Å². The van der Waals surface area contributed by atoms with Crippen LogP contribution >= 0.6 is 11.6 Å². The maximum atomic E-state index is 13.6. The van der Waals surface area contributed by atoms with Crippen LogP contribution < -0.4 is 5.73 Å². The van der Waals surface area contributed by atoms with Crippen molar-refractivity contribution in [2.24, 2.45) is 11.7 Å². The molecule has 1 heterocycles. The molecular weight excluding hydrogens is 263 g/mol. The van der Waals surface area contributed by atoms with E-state index in [0.29, 0.717) is 18.5 Å². The first-order valence-corrected chi connectivity index (χ1v) is 7.33. The SMILES string of the molecule is CC(C)C1CCCN1C(CN)c1ccc(Cl)c(F)c1. The van der Waals surface area contributed by atoms with Crippen molar-refractivity contribution in [1.29, 1.82) is 0 Å². The first-order chi connectivity index (χ1) is 9.04. The highest BCUT2D eigenvalue weighted by Gasteiger charge is 2.32. The molecule has 0 amide bonds. The van der Waals surface area contributed by atoms with Crippen LogP contribution in [0.3, 0.4) is 0 Å². The van der Waals surface area contributed by atoms with Gasteiger partial charge < -0.3 is 5.73 Å². The Morgan fingerprint density at radius 3 is 2.79 bits per heavy atom. The zero-order valence-corrected chi connectivity index (χ0v) is 12.3. The second-order valence-corrected chi connectivity index (χ2v) is 6.02. The molecule has 19 heavy (non-hydrogen) atoms. The van der Waals surface area contributed by atoms with Gasteiger partial charge >= 0.3 is 0 Å². The summed E-state index contributed by atoms with van der Waals surface area (Å²) in [5, 5.41) is 0.168. The molecule has 2 N–H and O–H groups in total. The number of halogens is 2. The van der Waals surface area contributed by atoms with Crippen molar-refractivity contribution in [2.75, 3.05) is 13.1 Å². The van der Waals surface area contributed by atoms with Gasteiger partial charge in [0.15, 0.2) is 0 Å².